The number of anilines is 1. The highest BCUT2D eigenvalue weighted by Crippen LogP contribution is 2.26. The Hall–Kier alpha value is -2.55. The van der Waals surface area contributed by atoms with Crippen LogP contribution in [0.4, 0.5) is 10.5 Å². The number of carbonyl (C=O) groups excluding carboxylic acids is 1. The summed E-state index contributed by atoms with van der Waals surface area (Å²) in [6.07, 6.45) is 0.300. The summed E-state index contributed by atoms with van der Waals surface area (Å²) in [7, 11) is -2.46. The highest BCUT2D eigenvalue weighted by Gasteiger charge is 2.25. The van der Waals surface area contributed by atoms with Gasteiger partial charge in [-0.05, 0) is 43.5 Å². The largest absolute Gasteiger partial charge is 0.453 e. The van der Waals surface area contributed by atoms with Gasteiger partial charge in [-0.3, -0.25) is 4.72 Å². The Labute approximate surface area is 145 Å². The summed E-state index contributed by atoms with van der Waals surface area (Å²) in [5, 5.41) is 3.68. The molecule has 0 radical (unpaired) electrons. The quantitative estimate of drug-likeness (QED) is 0.895. The number of benzene rings is 1. The zero-order valence-corrected chi connectivity index (χ0v) is 15.0. The lowest BCUT2D eigenvalue weighted by Gasteiger charge is -2.28. The van der Waals surface area contributed by atoms with E-state index in [0.717, 1.165) is 11.1 Å². The van der Waals surface area contributed by atoms with Gasteiger partial charge in [0, 0.05) is 18.8 Å². The summed E-state index contributed by atoms with van der Waals surface area (Å²) < 4.78 is 37.4. The maximum Gasteiger partial charge on any atom is 0.409 e. The third-order valence-corrected chi connectivity index (χ3v) is 5.76. The Morgan fingerprint density at radius 2 is 2.08 bits per heavy atom. The molecule has 0 unspecified atom stereocenters. The van der Waals surface area contributed by atoms with Gasteiger partial charge >= 0.3 is 6.09 Å². The molecule has 1 aliphatic heterocycles. The maximum absolute atomic E-state index is 12.6. The standard InChI is InChI=1S/C16H19N3O5S/c1-10-15(11(2)24-17-10)25(21,22)18-14-5-4-12-6-7-19(16(20)23-3)9-13(12)8-14/h4-5,8,18H,6-7,9H2,1-3H3. The van der Waals surface area contributed by atoms with Gasteiger partial charge < -0.3 is 14.2 Å². The van der Waals surface area contributed by atoms with Crippen molar-refractivity contribution >= 4 is 21.8 Å². The Morgan fingerprint density at radius 1 is 1.32 bits per heavy atom. The SMILES string of the molecule is COC(=O)N1CCc2ccc(NS(=O)(=O)c3c(C)noc3C)cc2C1. The molecule has 0 fully saturated rings. The highest BCUT2D eigenvalue weighted by atomic mass is 32.2. The van der Waals surface area contributed by atoms with Gasteiger partial charge in [0.2, 0.25) is 0 Å². The molecular weight excluding hydrogens is 346 g/mol. The van der Waals surface area contributed by atoms with E-state index in [9.17, 15) is 13.2 Å². The number of amides is 1. The molecule has 134 valence electrons. The number of carbonyl (C=O) groups is 1. The second-order valence-corrected chi connectivity index (χ2v) is 7.50. The molecule has 1 aliphatic rings. The number of fused-ring (bicyclic) bond motifs is 1. The minimum atomic E-state index is -3.80. The zero-order valence-electron chi connectivity index (χ0n) is 14.2. The van der Waals surface area contributed by atoms with Crippen LogP contribution in [0.15, 0.2) is 27.6 Å². The van der Waals surface area contributed by atoms with Crippen LogP contribution in [-0.2, 0) is 27.7 Å². The van der Waals surface area contributed by atoms with Crippen LogP contribution >= 0.6 is 0 Å². The Bertz CT molecular complexity index is 900. The summed E-state index contributed by atoms with van der Waals surface area (Å²) in [5.41, 5.74) is 2.70. The molecule has 1 aromatic carbocycles. The molecule has 1 amide bonds. The summed E-state index contributed by atoms with van der Waals surface area (Å²) in [4.78, 5) is 13.3. The minimum absolute atomic E-state index is 0.0430. The van der Waals surface area contributed by atoms with Gasteiger partial charge in [-0.2, -0.15) is 0 Å². The molecule has 8 nitrogen and oxygen atoms in total. The van der Waals surface area contributed by atoms with Crippen LogP contribution in [0.3, 0.4) is 0 Å². The van der Waals surface area contributed by atoms with E-state index in [1.54, 1.807) is 30.9 Å². The van der Waals surface area contributed by atoms with Crippen molar-refractivity contribution in [3.63, 3.8) is 0 Å². The van der Waals surface area contributed by atoms with Gasteiger partial charge in [-0.1, -0.05) is 11.2 Å². The van der Waals surface area contributed by atoms with Crippen molar-refractivity contribution in [2.75, 3.05) is 18.4 Å². The Balaban J connectivity index is 1.87. The summed E-state index contributed by atoms with van der Waals surface area (Å²) >= 11 is 0. The van der Waals surface area contributed by atoms with E-state index in [-0.39, 0.29) is 10.7 Å². The molecule has 0 saturated heterocycles. The molecule has 0 spiro atoms. The van der Waals surface area contributed by atoms with E-state index in [0.29, 0.717) is 30.9 Å². The average molecular weight is 365 g/mol. The first-order valence-corrected chi connectivity index (χ1v) is 9.20. The van der Waals surface area contributed by atoms with Crippen molar-refractivity contribution in [2.24, 2.45) is 0 Å². The number of hydrogen-bond donors (Lipinski definition) is 1. The fourth-order valence-electron chi connectivity index (χ4n) is 2.97. The molecule has 0 bridgehead atoms. The van der Waals surface area contributed by atoms with Gasteiger partial charge in [0.05, 0.1) is 7.11 Å². The minimum Gasteiger partial charge on any atom is -0.453 e. The molecule has 1 aromatic heterocycles. The predicted molar refractivity (Wildman–Crippen MR) is 89.7 cm³/mol. The van der Waals surface area contributed by atoms with E-state index in [4.69, 9.17) is 9.26 Å². The lowest BCUT2D eigenvalue weighted by molar-refractivity contribution is 0.118. The first kappa shape index (κ1) is 17.3. The fourth-order valence-corrected chi connectivity index (χ4v) is 4.35. The summed E-state index contributed by atoms with van der Waals surface area (Å²) in [6.45, 7) is 4.08. The van der Waals surface area contributed by atoms with Crippen molar-refractivity contribution in [3.8, 4) is 0 Å². The maximum atomic E-state index is 12.6. The van der Waals surface area contributed by atoms with E-state index in [1.807, 2.05) is 6.07 Å². The third kappa shape index (κ3) is 3.32. The van der Waals surface area contributed by atoms with Crippen LogP contribution in [-0.4, -0.2) is 38.2 Å². The topological polar surface area (TPSA) is 102 Å². The second-order valence-electron chi connectivity index (χ2n) is 5.88. The summed E-state index contributed by atoms with van der Waals surface area (Å²) in [5.74, 6) is 0.236. The Kier molecular flexibility index (Phi) is 4.42. The predicted octanol–water partition coefficient (Wildman–Crippen LogP) is 2.22. The number of nitrogens with zero attached hydrogens (tertiary/aromatic N) is 2. The molecule has 2 aromatic rings. The van der Waals surface area contributed by atoms with Crippen LogP contribution in [0.2, 0.25) is 0 Å². The van der Waals surface area contributed by atoms with Gasteiger partial charge in [0.1, 0.15) is 5.69 Å². The lowest BCUT2D eigenvalue weighted by Crippen LogP contribution is -2.35. The smallest absolute Gasteiger partial charge is 0.409 e. The van der Waals surface area contributed by atoms with Gasteiger partial charge in [0.15, 0.2) is 10.7 Å². The van der Waals surface area contributed by atoms with Crippen LogP contribution in [0.1, 0.15) is 22.6 Å². The van der Waals surface area contributed by atoms with E-state index < -0.39 is 16.1 Å². The molecular formula is C16H19N3O5S. The van der Waals surface area contributed by atoms with Crippen molar-refractivity contribution in [2.45, 2.75) is 31.7 Å². The number of ether oxygens (including phenoxy) is 1. The first-order valence-electron chi connectivity index (χ1n) is 7.72. The number of nitrogens with one attached hydrogen (secondary N) is 1. The second kappa shape index (κ2) is 6.40. The number of rotatable bonds is 3. The van der Waals surface area contributed by atoms with Crippen LogP contribution < -0.4 is 4.72 Å². The number of aromatic nitrogens is 1. The molecule has 0 atom stereocenters. The van der Waals surface area contributed by atoms with Crippen molar-refractivity contribution in [1.29, 1.82) is 0 Å². The van der Waals surface area contributed by atoms with Crippen LogP contribution in [0.25, 0.3) is 0 Å². The van der Waals surface area contributed by atoms with Gasteiger partial charge in [0.25, 0.3) is 10.0 Å². The normalized spacial score (nSPS) is 14.1. The monoisotopic (exact) mass is 365 g/mol. The average Bonchev–Trinajstić information content (AvgIpc) is 2.92. The number of methoxy groups -OCH3 is 1. The van der Waals surface area contributed by atoms with Crippen molar-refractivity contribution < 1.29 is 22.5 Å². The van der Waals surface area contributed by atoms with E-state index in [2.05, 4.69) is 9.88 Å². The van der Waals surface area contributed by atoms with E-state index >= 15 is 0 Å². The number of sulfonamides is 1. The van der Waals surface area contributed by atoms with Crippen LogP contribution in [0, 0.1) is 13.8 Å². The first-order chi connectivity index (χ1) is 11.8. The molecule has 0 aliphatic carbocycles. The third-order valence-electron chi connectivity index (χ3n) is 4.14. The molecule has 9 heteroatoms. The number of hydrogen-bond acceptors (Lipinski definition) is 6. The zero-order chi connectivity index (χ0) is 18.2. The van der Waals surface area contributed by atoms with Crippen molar-refractivity contribution in [3.05, 3.63) is 40.8 Å². The van der Waals surface area contributed by atoms with Gasteiger partial charge in [-0.15, -0.1) is 0 Å². The molecule has 1 N–H and O–H groups in total. The summed E-state index contributed by atoms with van der Waals surface area (Å²) in [6, 6.07) is 5.32. The van der Waals surface area contributed by atoms with Crippen LogP contribution in [0.5, 0.6) is 0 Å². The molecule has 0 saturated carbocycles. The highest BCUT2D eigenvalue weighted by molar-refractivity contribution is 7.92. The number of aryl methyl sites for hydroxylation is 2. The fraction of sp³-hybridized carbons (Fsp3) is 0.375. The van der Waals surface area contributed by atoms with Gasteiger partial charge in [-0.25, -0.2) is 13.2 Å². The molecule has 3 rings (SSSR count). The molecule has 2 heterocycles. The van der Waals surface area contributed by atoms with Crippen molar-refractivity contribution in [1.82, 2.24) is 10.1 Å². The lowest BCUT2D eigenvalue weighted by atomic mass is 9.99. The Morgan fingerprint density at radius 3 is 2.72 bits per heavy atom. The molecule has 25 heavy (non-hydrogen) atoms. The van der Waals surface area contributed by atoms with E-state index in [1.165, 1.54) is 7.11 Å².